The lowest BCUT2D eigenvalue weighted by molar-refractivity contribution is 0.316. The van der Waals surface area contributed by atoms with Crippen molar-refractivity contribution in [3.8, 4) is 0 Å². The van der Waals surface area contributed by atoms with Crippen molar-refractivity contribution in [1.29, 1.82) is 0 Å². The number of hydrogen-bond donors (Lipinski definition) is 2. The highest BCUT2D eigenvalue weighted by atomic mass is 32.2. The fourth-order valence-corrected chi connectivity index (χ4v) is 4.03. The summed E-state index contributed by atoms with van der Waals surface area (Å²) in [5, 5.41) is 3.30. The van der Waals surface area contributed by atoms with Crippen molar-refractivity contribution in [1.82, 2.24) is 10.0 Å². The van der Waals surface area contributed by atoms with Crippen LogP contribution in [0, 0.1) is 5.92 Å². The Morgan fingerprint density at radius 1 is 1.26 bits per heavy atom. The van der Waals surface area contributed by atoms with Crippen LogP contribution < -0.4 is 10.0 Å². The average Bonchev–Trinajstić information content (AvgIpc) is 2.39. The number of benzene rings is 1. The van der Waals surface area contributed by atoms with Crippen molar-refractivity contribution < 1.29 is 8.42 Å². The van der Waals surface area contributed by atoms with E-state index in [0.29, 0.717) is 5.92 Å². The Bertz CT molecular complexity index is 481. The van der Waals surface area contributed by atoms with Crippen molar-refractivity contribution in [3.63, 3.8) is 0 Å². The summed E-state index contributed by atoms with van der Waals surface area (Å²) in [6.45, 7) is 3.93. The summed E-state index contributed by atoms with van der Waals surface area (Å²) in [6, 6.07) is 9.31. The molecule has 0 spiro atoms. The van der Waals surface area contributed by atoms with E-state index in [1.54, 1.807) is 0 Å². The first-order valence-electron chi connectivity index (χ1n) is 6.81. The molecule has 19 heavy (non-hydrogen) atoms. The Hall–Kier alpha value is -0.910. The molecule has 2 N–H and O–H groups in total. The third-order valence-electron chi connectivity index (χ3n) is 3.66. The maximum atomic E-state index is 12.1. The second-order valence-electron chi connectivity index (χ2n) is 5.24. The highest BCUT2D eigenvalue weighted by Crippen LogP contribution is 2.17. The van der Waals surface area contributed by atoms with Crippen LogP contribution in [0.1, 0.15) is 25.3 Å². The van der Waals surface area contributed by atoms with E-state index in [2.05, 4.69) is 10.0 Å². The van der Waals surface area contributed by atoms with Gasteiger partial charge in [-0.25, -0.2) is 13.1 Å². The quantitative estimate of drug-likeness (QED) is 0.860. The van der Waals surface area contributed by atoms with Gasteiger partial charge in [-0.1, -0.05) is 30.3 Å². The Labute approximate surface area is 115 Å². The number of rotatable bonds is 5. The second-order valence-corrected chi connectivity index (χ2v) is 6.99. The van der Waals surface area contributed by atoms with Gasteiger partial charge < -0.3 is 5.32 Å². The molecule has 1 heterocycles. The molecular weight excluding hydrogens is 260 g/mol. The molecule has 2 rings (SSSR count). The van der Waals surface area contributed by atoms with Gasteiger partial charge in [0.1, 0.15) is 0 Å². The number of nitrogens with one attached hydrogen (secondary N) is 2. The Kier molecular flexibility index (Phi) is 4.96. The molecule has 1 aromatic carbocycles. The minimum Gasteiger partial charge on any atom is -0.317 e. The molecule has 1 saturated heterocycles. The van der Waals surface area contributed by atoms with Crippen LogP contribution in [0.15, 0.2) is 30.3 Å². The van der Waals surface area contributed by atoms with E-state index in [1.165, 1.54) is 0 Å². The van der Waals surface area contributed by atoms with E-state index >= 15 is 0 Å². The number of hydrogen-bond acceptors (Lipinski definition) is 3. The van der Waals surface area contributed by atoms with Crippen molar-refractivity contribution in [2.45, 2.75) is 31.6 Å². The van der Waals surface area contributed by atoms with Crippen molar-refractivity contribution in [2.24, 2.45) is 5.92 Å². The molecule has 1 fully saturated rings. The van der Waals surface area contributed by atoms with E-state index < -0.39 is 10.0 Å². The highest BCUT2D eigenvalue weighted by molar-refractivity contribution is 7.88. The maximum absolute atomic E-state index is 12.1. The second kappa shape index (κ2) is 6.50. The normalized spacial score (nSPS) is 19.2. The van der Waals surface area contributed by atoms with Crippen LogP contribution in [-0.4, -0.2) is 27.5 Å². The summed E-state index contributed by atoms with van der Waals surface area (Å²) in [6.07, 6.45) is 2.07. The fraction of sp³-hybridized carbons (Fsp3) is 0.571. The van der Waals surface area contributed by atoms with Gasteiger partial charge in [0.05, 0.1) is 5.75 Å². The summed E-state index contributed by atoms with van der Waals surface area (Å²) in [5.41, 5.74) is 0.826. The van der Waals surface area contributed by atoms with E-state index in [1.807, 2.05) is 37.3 Å². The van der Waals surface area contributed by atoms with Crippen molar-refractivity contribution in [2.75, 3.05) is 13.1 Å². The molecule has 0 aromatic heterocycles. The molecule has 106 valence electrons. The molecule has 1 aromatic rings. The lowest BCUT2D eigenvalue weighted by atomic mass is 9.92. The van der Waals surface area contributed by atoms with Crippen LogP contribution in [0.4, 0.5) is 0 Å². The predicted molar refractivity (Wildman–Crippen MR) is 77.3 cm³/mol. The van der Waals surface area contributed by atoms with Crippen LogP contribution in [-0.2, 0) is 15.8 Å². The van der Waals surface area contributed by atoms with Gasteiger partial charge in [-0.05, 0) is 44.3 Å². The molecule has 0 aliphatic carbocycles. The average molecular weight is 282 g/mol. The van der Waals surface area contributed by atoms with Crippen LogP contribution in [0.2, 0.25) is 0 Å². The standard InChI is InChI=1S/C14H22N2O2S/c1-12(14-7-9-15-10-8-14)16-19(17,18)11-13-5-3-2-4-6-13/h2-6,12,14-16H,7-11H2,1H3. The van der Waals surface area contributed by atoms with Crippen molar-refractivity contribution >= 4 is 10.0 Å². The molecule has 1 unspecified atom stereocenters. The van der Waals surface area contributed by atoms with E-state index in [4.69, 9.17) is 0 Å². The molecule has 0 radical (unpaired) electrons. The minimum atomic E-state index is -3.25. The zero-order valence-corrected chi connectivity index (χ0v) is 12.1. The lowest BCUT2D eigenvalue weighted by Crippen LogP contribution is -2.42. The number of piperidine rings is 1. The Morgan fingerprint density at radius 3 is 2.53 bits per heavy atom. The first-order chi connectivity index (χ1) is 9.07. The van der Waals surface area contributed by atoms with Gasteiger partial charge in [0.25, 0.3) is 0 Å². The van der Waals surface area contributed by atoms with Gasteiger partial charge in [-0.3, -0.25) is 0 Å². The molecule has 1 aliphatic heterocycles. The summed E-state index contributed by atoms with van der Waals surface area (Å²) < 4.78 is 27.1. The zero-order valence-electron chi connectivity index (χ0n) is 11.3. The summed E-state index contributed by atoms with van der Waals surface area (Å²) >= 11 is 0. The third kappa shape index (κ3) is 4.60. The first kappa shape index (κ1) is 14.5. The predicted octanol–water partition coefficient (Wildman–Crippen LogP) is 1.49. The largest absolute Gasteiger partial charge is 0.317 e. The smallest absolute Gasteiger partial charge is 0.216 e. The molecule has 5 heteroatoms. The summed E-state index contributed by atoms with van der Waals surface area (Å²) in [4.78, 5) is 0. The summed E-state index contributed by atoms with van der Waals surface area (Å²) in [7, 11) is -3.25. The SMILES string of the molecule is CC(NS(=O)(=O)Cc1ccccc1)C1CCNCC1. The fourth-order valence-electron chi connectivity index (χ4n) is 2.56. The van der Waals surface area contributed by atoms with E-state index in [0.717, 1.165) is 31.5 Å². The Morgan fingerprint density at radius 2 is 1.89 bits per heavy atom. The first-order valence-corrected chi connectivity index (χ1v) is 8.47. The van der Waals surface area contributed by atoms with Gasteiger partial charge in [-0.15, -0.1) is 0 Å². The van der Waals surface area contributed by atoms with Gasteiger partial charge in [0.2, 0.25) is 10.0 Å². The third-order valence-corrected chi connectivity index (χ3v) is 5.10. The van der Waals surface area contributed by atoms with E-state index in [9.17, 15) is 8.42 Å². The van der Waals surface area contributed by atoms with Gasteiger partial charge >= 0.3 is 0 Å². The van der Waals surface area contributed by atoms with Crippen LogP contribution in [0.3, 0.4) is 0 Å². The number of sulfonamides is 1. The van der Waals surface area contributed by atoms with Crippen molar-refractivity contribution in [3.05, 3.63) is 35.9 Å². The minimum absolute atomic E-state index is 0.0100. The van der Waals surface area contributed by atoms with Gasteiger partial charge in [0, 0.05) is 6.04 Å². The lowest BCUT2D eigenvalue weighted by Gasteiger charge is -2.28. The molecule has 1 aliphatic rings. The Balaban J connectivity index is 1.93. The van der Waals surface area contributed by atoms with Crippen LogP contribution in [0.5, 0.6) is 0 Å². The van der Waals surface area contributed by atoms with Crippen LogP contribution in [0.25, 0.3) is 0 Å². The monoisotopic (exact) mass is 282 g/mol. The summed E-state index contributed by atoms with van der Waals surface area (Å²) in [5.74, 6) is 0.496. The molecule has 1 atom stereocenters. The van der Waals surface area contributed by atoms with Crippen LogP contribution >= 0.6 is 0 Å². The molecule has 0 saturated carbocycles. The highest BCUT2D eigenvalue weighted by Gasteiger charge is 2.23. The molecule has 0 amide bonds. The zero-order chi connectivity index (χ0) is 13.7. The van der Waals surface area contributed by atoms with Gasteiger partial charge in [-0.2, -0.15) is 0 Å². The van der Waals surface area contributed by atoms with Gasteiger partial charge in [0.15, 0.2) is 0 Å². The molecular formula is C14H22N2O2S. The topological polar surface area (TPSA) is 58.2 Å². The maximum Gasteiger partial charge on any atom is 0.216 e. The molecule has 4 nitrogen and oxygen atoms in total. The molecule has 0 bridgehead atoms. The van der Waals surface area contributed by atoms with E-state index in [-0.39, 0.29) is 11.8 Å².